The minimum atomic E-state index is -0.717. The Hall–Kier alpha value is -3.01. The number of carbonyl (C=O) groups is 1. The minimum absolute atomic E-state index is 0.0687. The summed E-state index contributed by atoms with van der Waals surface area (Å²) in [5.74, 6) is -1.15. The van der Waals surface area contributed by atoms with E-state index in [-0.39, 0.29) is 11.1 Å². The second-order valence-corrected chi connectivity index (χ2v) is 6.31. The lowest BCUT2D eigenvalue weighted by Crippen LogP contribution is -2.12. The van der Waals surface area contributed by atoms with Crippen molar-refractivity contribution in [1.82, 2.24) is 0 Å². The highest BCUT2D eigenvalue weighted by atomic mass is 32.1. The Morgan fingerprint density at radius 3 is 2.60 bits per heavy atom. The molecule has 1 heterocycles. The van der Waals surface area contributed by atoms with E-state index < -0.39 is 17.8 Å². The summed E-state index contributed by atoms with van der Waals surface area (Å²) in [7, 11) is 0. The number of carbonyl (C=O) groups excluding carboxylic acids is 1. The third-order valence-corrected chi connectivity index (χ3v) is 4.51. The van der Waals surface area contributed by atoms with Crippen LogP contribution in [0.4, 0.5) is 10.1 Å². The molecule has 2 aromatic carbocycles. The van der Waals surface area contributed by atoms with Gasteiger partial charge in [-0.1, -0.05) is 18.2 Å². The van der Waals surface area contributed by atoms with Gasteiger partial charge in [0.1, 0.15) is 11.9 Å². The van der Waals surface area contributed by atoms with Gasteiger partial charge in [0.2, 0.25) is 0 Å². The Bertz CT molecular complexity index is 931. The predicted octanol–water partition coefficient (Wildman–Crippen LogP) is 4.09. The quantitative estimate of drug-likeness (QED) is 0.743. The highest BCUT2D eigenvalue weighted by Crippen LogP contribution is 2.26. The number of nitrogens with zero attached hydrogens (tertiary/aromatic N) is 1. The van der Waals surface area contributed by atoms with Gasteiger partial charge in [-0.2, -0.15) is 5.26 Å². The van der Waals surface area contributed by atoms with Gasteiger partial charge in [0, 0.05) is 16.1 Å². The van der Waals surface area contributed by atoms with Gasteiger partial charge in [0.15, 0.2) is 0 Å². The van der Waals surface area contributed by atoms with Crippen molar-refractivity contribution in [3.8, 4) is 6.07 Å². The molecule has 1 atom stereocenters. The Balaban J connectivity index is 1.74. The lowest BCUT2D eigenvalue weighted by molar-refractivity contribution is 0.102. The van der Waals surface area contributed by atoms with Crippen LogP contribution in [-0.2, 0) is 0 Å². The van der Waals surface area contributed by atoms with Crippen LogP contribution < -0.4 is 5.32 Å². The molecule has 0 aliphatic rings. The number of anilines is 1. The van der Waals surface area contributed by atoms with Gasteiger partial charge in [-0.15, -0.1) is 11.3 Å². The molecule has 6 heteroatoms. The second kappa shape index (κ2) is 7.26. The van der Waals surface area contributed by atoms with Crippen molar-refractivity contribution in [2.75, 3.05) is 5.32 Å². The normalized spacial score (nSPS) is 11.6. The first-order chi connectivity index (χ1) is 12.1. The van der Waals surface area contributed by atoms with Crippen LogP contribution in [0.3, 0.4) is 0 Å². The standard InChI is InChI=1S/C19H13FN2O2S/c20-15-9-12(11-21)8-14(10-15)19(24)22-16-5-3-13(4-6-16)18(23)17-2-1-7-25-17/h1-10,18,23H,(H,22,24). The number of nitriles is 1. The number of benzene rings is 2. The largest absolute Gasteiger partial charge is 0.383 e. The fraction of sp³-hybridized carbons (Fsp3) is 0.0526. The summed E-state index contributed by atoms with van der Waals surface area (Å²) in [4.78, 5) is 13.0. The van der Waals surface area contributed by atoms with E-state index in [1.807, 2.05) is 23.6 Å². The van der Waals surface area contributed by atoms with E-state index in [1.54, 1.807) is 24.3 Å². The van der Waals surface area contributed by atoms with Crippen LogP contribution in [0.2, 0.25) is 0 Å². The van der Waals surface area contributed by atoms with Crippen LogP contribution in [0.15, 0.2) is 60.0 Å². The first kappa shape index (κ1) is 16.8. The number of hydrogen-bond acceptors (Lipinski definition) is 4. The monoisotopic (exact) mass is 352 g/mol. The average Bonchev–Trinajstić information content (AvgIpc) is 3.15. The molecule has 4 nitrogen and oxygen atoms in total. The van der Waals surface area contributed by atoms with Crippen LogP contribution >= 0.6 is 11.3 Å². The van der Waals surface area contributed by atoms with Crippen molar-refractivity contribution in [2.45, 2.75) is 6.10 Å². The molecule has 1 aromatic heterocycles. The topological polar surface area (TPSA) is 73.1 Å². The molecule has 0 spiro atoms. The molecule has 0 radical (unpaired) electrons. The molecule has 0 fully saturated rings. The molecular formula is C19H13FN2O2S. The summed E-state index contributed by atoms with van der Waals surface area (Å²) >= 11 is 1.46. The predicted molar refractivity (Wildman–Crippen MR) is 93.9 cm³/mol. The number of hydrogen-bond donors (Lipinski definition) is 2. The summed E-state index contributed by atoms with van der Waals surface area (Å²) < 4.78 is 13.4. The number of aliphatic hydroxyl groups excluding tert-OH is 1. The van der Waals surface area contributed by atoms with Crippen LogP contribution in [0.1, 0.15) is 32.5 Å². The molecular weight excluding hydrogens is 339 g/mol. The highest BCUT2D eigenvalue weighted by Gasteiger charge is 2.13. The molecule has 0 saturated carbocycles. The summed E-state index contributed by atoms with van der Waals surface area (Å²) in [6, 6.07) is 15.7. The third kappa shape index (κ3) is 3.91. The lowest BCUT2D eigenvalue weighted by atomic mass is 10.1. The van der Waals surface area contributed by atoms with E-state index in [2.05, 4.69) is 5.32 Å². The smallest absolute Gasteiger partial charge is 0.255 e. The van der Waals surface area contributed by atoms with Crippen molar-refractivity contribution in [3.63, 3.8) is 0 Å². The van der Waals surface area contributed by atoms with Gasteiger partial charge in [-0.05, 0) is 47.3 Å². The Labute approximate surface area is 147 Å². The summed E-state index contributed by atoms with van der Waals surface area (Å²) in [6.07, 6.45) is -0.717. The first-order valence-electron chi connectivity index (χ1n) is 7.40. The van der Waals surface area contributed by atoms with Crippen molar-refractivity contribution in [3.05, 3.63) is 87.4 Å². The number of thiophene rings is 1. The molecule has 2 N–H and O–H groups in total. The number of rotatable bonds is 4. The molecule has 3 aromatic rings. The second-order valence-electron chi connectivity index (χ2n) is 5.33. The van der Waals surface area contributed by atoms with Crippen LogP contribution in [0, 0.1) is 17.1 Å². The molecule has 0 aliphatic heterocycles. The van der Waals surface area contributed by atoms with E-state index in [9.17, 15) is 14.3 Å². The van der Waals surface area contributed by atoms with Gasteiger partial charge in [-0.25, -0.2) is 4.39 Å². The van der Waals surface area contributed by atoms with Crippen LogP contribution in [0.25, 0.3) is 0 Å². The van der Waals surface area contributed by atoms with Gasteiger partial charge in [0.25, 0.3) is 5.91 Å². The number of amides is 1. The molecule has 25 heavy (non-hydrogen) atoms. The maximum absolute atomic E-state index is 13.4. The summed E-state index contributed by atoms with van der Waals surface area (Å²) in [6.45, 7) is 0. The third-order valence-electron chi connectivity index (χ3n) is 3.59. The van der Waals surface area contributed by atoms with E-state index >= 15 is 0 Å². The lowest BCUT2D eigenvalue weighted by Gasteiger charge is -2.11. The molecule has 1 unspecified atom stereocenters. The number of nitrogens with one attached hydrogen (secondary N) is 1. The molecule has 1 amide bonds. The van der Waals surface area contributed by atoms with Crippen LogP contribution in [0.5, 0.6) is 0 Å². The highest BCUT2D eigenvalue weighted by molar-refractivity contribution is 7.10. The van der Waals surface area contributed by atoms with E-state index in [1.165, 1.54) is 17.4 Å². The molecule has 124 valence electrons. The Kier molecular flexibility index (Phi) is 4.89. The van der Waals surface area contributed by atoms with E-state index in [0.29, 0.717) is 11.3 Å². The van der Waals surface area contributed by atoms with Gasteiger partial charge < -0.3 is 10.4 Å². The van der Waals surface area contributed by atoms with E-state index in [0.717, 1.165) is 17.0 Å². The summed E-state index contributed by atoms with van der Waals surface area (Å²) in [5, 5.41) is 23.7. The zero-order valence-electron chi connectivity index (χ0n) is 12.9. The SMILES string of the molecule is N#Cc1cc(F)cc(C(=O)Nc2ccc(C(O)c3cccs3)cc2)c1. The Morgan fingerprint density at radius 1 is 1.20 bits per heavy atom. The molecule has 0 bridgehead atoms. The fourth-order valence-electron chi connectivity index (χ4n) is 2.35. The van der Waals surface area contributed by atoms with E-state index in [4.69, 9.17) is 5.26 Å². The minimum Gasteiger partial charge on any atom is -0.383 e. The van der Waals surface area contributed by atoms with Gasteiger partial charge in [0.05, 0.1) is 11.6 Å². The number of aliphatic hydroxyl groups is 1. The zero-order valence-corrected chi connectivity index (χ0v) is 13.8. The summed E-state index contributed by atoms with van der Waals surface area (Å²) in [5.41, 5.74) is 1.37. The fourth-order valence-corrected chi connectivity index (χ4v) is 3.08. The first-order valence-corrected chi connectivity index (χ1v) is 8.28. The maximum Gasteiger partial charge on any atom is 0.255 e. The van der Waals surface area contributed by atoms with Crippen molar-refractivity contribution in [2.24, 2.45) is 0 Å². The van der Waals surface area contributed by atoms with Gasteiger partial charge >= 0.3 is 0 Å². The Morgan fingerprint density at radius 2 is 1.96 bits per heavy atom. The van der Waals surface area contributed by atoms with Crippen molar-refractivity contribution in [1.29, 1.82) is 5.26 Å². The van der Waals surface area contributed by atoms with Crippen molar-refractivity contribution < 1.29 is 14.3 Å². The average molecular weight is 352 g/mol. The van der Waals surface area contributed by atoms with Gasteiger partial charge in [-0.3, -0.25) is 4.79 Å². The molecule has 3 rings (SSSR count). The zero-order chi connectivity index (χ0) is 17.8. The molecule has 0 saturated heterocycles. The van der Waals surface area contributed by atoms with Crippen LogP contribution in [-0.4, -0.2) is 11.0 Å². The molecule has 0 aliphatic carbocycles. The maximum atomic E-state index is 13.4. The number of halogens is 1. The van der Waals surface area contributed by atoms with Crippen molar-refractivity contribution >= 4 is 22.9 Å².